The maximum absolute atomic E-state index is 12.0. The highest BCUT2D eigenvalue weighted by Gasteiger charge is 2.29. The number of ether oxygens (including phenoxy) is 1. The van der Waals surface area contributed by atoms with E-state index < -0.39 is 0 Å². The Kier molecular flexibility index (Phi) is 4.86. The summed E-state index contributed by atoms with van der Waals surface area (Å²) in [5.74, 6) is 1.36. The number of hydrogen-bond acceptors (Lipinski definition) is 5. The second-order valence-electron chi connectivity index (χ2n) is 7.09. The zero-order chi connectivity index (χ0) is 19.7. The minimum Gasteiger partial charge on any atom is -0.478 e. The fourth-order valence-electron chi connectivity index (χ4n) is 3.34. The van der Waals surface area contributed by atoms with Crippen molar-refractivity contribution in [1.82, 2.24) is 9.97 Å². The van der Waals surface area contributed by atoms with Gasteiger partial charge in [-0.25, -0.2) is 9.97 Å². The molecule has 0 spiro atoms. The first-order chi connectivity index (χ1) is 13.6. The van der Waals surface area contributed by atoms with E-state index >= 15 is 0 Å². The quantitative estimate of drug-likeness (QED) is 0.630. The number of benzene rings is 1. The van der Waals surface area contributed by atoms with E-state index in [0.717, 1.165) is 46.7 Å². The number of rotatable bonds is 6. The molecular weight excluding hydrogens is 352 g/mol. The van der Waals surface area contributed by atoms with Gasteiger partial charge in [0.1, 0.15) is 5.82 Å². The minimum atomic E-state index is 0.0416. The fraction of sp³-hybridized carbons (Fsp3) is 0.318. The van der Waals surface area contributed by atoms with Gasteiger partial charge in [0.25, 0.3) is 0 Å². The number of aryl methyl sites for hydroxylation is 1. The zero-order valence-corrected chi connectivity index (χ0v) is 16.2. The van der Waals surface area contributed by atoms with Crippen molar-refractivity contribution in [2.75, 3.05) is 17.7 Å². The average molecular weight is 376 g/mol. The Morgan fingerprint density at radius 3 is 2.71 bits per heavy atom. The lowest BCUT2D eigenvalue weighted by atomic mass is 9.97. The first-order valence-corrected chi connectivity index (χ1v) is 9.71. The average Bonchev–Trinajstić information content (AvgIpc) is 3.53. The molecule has 6 nitrogen and oxygen atoms in total. The minimum absolute atomic E-state index is 0.0416. The Morgan fingerprint density at radius 1 is 1.18 bits per heavy atom. The van der Waals surface area contributed by atoms with Crippen LogP contribution in [-0.4, -0.2) is 22.5 Å². The van der Waals surface area contributed by atoms with Gasteiger partial charge in [-0.05, 0) is 60.9 Å². The van der Waals surface area contributed by atoms with Gasteiger partial charge in [0.15, 0.2) is 0 Å². The van der Waals surface area contributed by atoms with E-state index in [9.17, 15) is 4.79 Å². The predicted octanol–water partition coefficient (Wildman–Crippen LogP) is 4.19. The van der Waals surface area contributed by atoms with Crippen LogP contribution in [0.15, 0.2) is 36.7 Å². The van der Waals surface area contributed by atoms with Crippen molar-refractivity contribution in [2.24, 2.45) is 5.92 Å². The maximum Gasteiger partial charge on any atom is 0.228 e. The van der Waals surface area contributed by atoms with E-state index in [1.54, 1.807) is 6.20 Å². The summed E-state index contributed by atoms with van der Waals surface area (Å²) in [6.45, 7) is 4.63. The number of carbonyl (C=O) groups excluding carboxylic acids is 1. The second kappa shape index (κ2) is 7.46. The molecule has 0 bridgehead atoms. The molecule has 0 saturated heterocycles. The van der Waals surface area contributed by atoms with E-state index in [0.29, 0.717) is 24.0 Å². The van der Waals surface area contributed by atoms with Crippen LogP contribution in [0.5, 0.6) is 5.88 Å². The van der Waals surface area contributed by atoms with Gasteiger partial charge < -0.3 is 15.8 Å². The topological polar surface area (TPSA) is 90.1 Å². The molecule has 3 aromatic rings. The monoisotopic (exact) mass is 376 g/mol. The predicted molar refractivity (Wildman–Crippen MR) is 111 cm³/mol. The molecule has 1 amide bonds. The van der Waals surface area contributed by atoms with Gasteiger partial charge in [-0.15, -0.1) is 0 Å². The van der Waals surface area contributed by atoms with Crippen LogP contribution < -0.4 is 15.8 Å². The summed E-state index contributed by atoms with van der Waals surface area (Å²) in [6, 6.07) is 7.87. The molecule has 1 saturated carbocycles. The van der Waals surface area contributed by atoms with E-state index in [1.807, 2.05) is 31.3 Å². The summed E-state index contributed by atoms with van der Waals surface area (Å²) >= 11 is 0. The Bertz CT molecular complexity index is 1040. The number of nitrogens with two attached hydrogens (primary N) is 1. The maximum atomic E-state index is 12.0. The standard InChI is InChI=1S/C22H24N4O2/c1-3-13-10-21(28-4-2)25-11-17(13)15-7-16-9-20(26-22(27)14-5-6-14)24-12-18(16)19(23)8-15/h7-12,14H,3-6,23H2,1-2H3,(H,24,26,27). The lowest BCUT2D eigenvalue weighted by molar-refractivity contribution is -0.117. The number of pyridine rings is 2. The lowest BCUT2D eigenvalue weighted by Gasteiger charge is -2.13. The van der Waals surface area contributed by atoms with Crippen LogP contribution in [0.1, 0.15) is 32.3 Å². The van der Waals surface area contributed by atoms with Crippen molar-refractivity contribution in [3.63, 3.8) is 0 Å². The number of carbonyl (C=O) groups is 1. The third-order valence-electron chi connectivity index (χ3n) is 5.02. The van der Waals surface area contributed by atoms with Gasteiger partial charge in [0.2, 0.25) is 11.8 Å². The highest BCUT2D eigenvalue weighted by Crippen LogP contribution is 2.34. The lowest BCUT2D eigenvalue weighted by Crippen LogP contribution is -2.14. The van der Waals surface area contributed by atoms with Crippen LogP contribution in [0, 0.1) is 5.92 Å². The Balaban J connectivity index is 1.74. The van der Waals surface area contributed by atoms with Crippen molar-refractivity contribution in [3.8, 4) is 17.0 Å². The summed E-state index contributed by atoms with van der Waals surface area (Å²) in [5.41, 5.74) is 10.1. The summed E-state index contributed by atoms with van der Waals surface area (Å²) in [7, 11) is 0. The largest absolute Gasteiger partial charge is 0.478 e. The third-order valence-corrected chi connectivity index (χ3v) is 5.02. The van der Waals surface area contributed by atoms with Gasteiger partial charge in [-0.3, -0.25) is 4.79 Å². The van der Waals surface area contributed by atoms with Crippen molar-refractivity contribution in [3.05, 3.63) is 42.2 Å². The summed E-state index contributed by atoms with van der Waals surface area (Å²) in [6.07, 6.45) is 6.33. The van der Waals surface area contributed by atoms with E-state index in [-0.39, 0.29) is 11.8 Å². The summed E-state index contributed by atoms with van der Waals surface area (Å²) in [5, 5.41) is 4.70. The molecule has 1 aliphatic carbocycles. The number of anilines is 2. The Morgan fingerprint density at radius 2 is 2.00 bits per heavy atom. The first kappa shape index (κ1) is 18.2. The summed E-state index contributed by atoms with van der Waals surface area (Å²) in [4.78, 5) is 20.8. The molecule has 6 heteroatoms. The first-order valence-electron chi connectivity index (χ1n) is 9.71. The van der Waals surface area contributed by atoms with Crippen LogP contribution in [0.25, 0.3) is 21.9 Å². The summed E-state index contributed by atoms with van der Waals surface area (Å²) < 4.78 is 5.53. The van der Waals surface area contributed by atoms with Crippen molar-refractivity contribution in [1.29, 1.82) is 0 Å². The molecule has 2 aromatic heterocycles. The molecule has 4 rings (SSSR count). The molecule has 1 aromatic carbocycles. The van der Waals surface area contributed by atoms with Gasteiger partial charge in [-0.1, -0.05) is 6.92 Å². The molecule has 1 aliphatic rings. The Hall–Kier alpha value is -3.15. The normalized spacial score (nSPS) is 13.5. The van der Waals surface area contributed by atoms with E-state index in [4.69, 9.17) is 10.5 Å². The van der Waals surface area contributed by atoms with Crippen LogP contribution >= 0.6 is 0 Å². The van der Waals surface area contributed by atoms with Gasteiger partial charge in [0.05, 0.1) is 6.61 Å². The second-order valence-corrected chi connectivity index (χ2v) is 7.09. The van der Waals surface area contributed by atoms with E-state index in [2.05, 4.69) is 28.3 Å². The SMILES string of the molecule is CCOc1cc(CC)c(-c2cc(N)c3cnc(NC(=O)C4CC4)cc3c2)cn1. The van der Waals surface area contributed by atoms with Crippen LogP contribution in [0.4, 0.5) is 11.5 Å². The van der Waals surface area contributed by atoms with Gasteiger partial charge in [-0.2, -0.15) is 0 Å². The molecule has 0 aliphatic heterocycles. The smallest absolute Gasteiger partial charge is 0.228 e. The number of aromatic nitrogens is 2. The third kappa shape index (κ3) is 3.63. The van der Waals surface area contributed by atoms with Crippen LogP contribution in [0.3, 0.4) is 0 Å². The van der Waals surface area contributed by atoms with Crippen molar-refractivity contribution >= 4 is 28.2 Å². The number of nitrogens with one attached hydrogen (secondary N) is 1. The van der Waals surface area contributed by atoms with Crippen molar-refractivity contribution < 1.29 is 9.53 Å². The Labute approximate surface area is 164 Å². The number of hydrogen-bond donors (Lipinski definition) is 2. The molecule has 144 valence electrons. The molecule has 28 heavy (non-hydrogen) atoms. The van der Waals surface area contributed by atoms with Gasteiger partial charge in [0, 0.05) is 41.0 Å². The molecule has 3 N–H and O–H groups in total. The number of nitrogen functional groups attached to an aromatic ring is 1. The highest BCUT2D eigenvalue weighted by atomic mass is 16.5. The molecule has 1 fully saturated rings. The molecule has 0 unspecified atom stereocenters. The highest BCUT2D eigenvalue weighted by molar-refractivity contribution is 6.00. The fourth-order valence-corrected chi connectivity index (χ4v) is 3.34. The van der Waals surface area contributed by atoms with Gasteiger partial charge >= 0.3 is 0 Å². The molecule has 0 radical (unpaired) electrons. The zero-order valence-electron chi connectivity index (χ0n) is 16.2. The molecular formula is C22H24N4O2. The van der Waals surface area contributed by atoms with Crippen molar-refractivity contribution in [2.45, 2.75) is 33.1 Å². The van der Waals surface area contributed by atoms with Crippen LogP contribution in [-0.2, 0) is 11.2 Å². The number of fused-ring (bicyclic) bond motifs is 1. The van der Waals surface area contributed by atoms with E-state index in [1.165, 1.54) is 0 Å². The molecule has 2 heterocycles. The number of amides is 1. The number of nitrogens with zero attached hydrogens (tertiary/aromatic N) is 2. The van der Waals surface area contributed by atoms with Crippen LogP contribution in [0.2, 0.25) is 0 Å². The molecule has 0 atom stereocenters.